The van der Waals surface area contributed by atoms with Gasteiger partial charge in [0.05, 0.1) is 60.5 Å². The van der Waals surface area contributed by atoms with Crippen LogP contribution in [0.15, 0.2) is 182 Å². The van der Waals surface area contributed by atoms with Gasteiger partial charge >= 0.3 is 12.7 Å². The number of carbonyl (C=O) groups excluding carboxylic acids is 6. The van der Waals surface area contributed by atoms with Crippen LogP contribution in [0, 0.1) is 0 Å². The molecular formula is C82H72Cl4F6N14O10. The molecule has 0 saturated heterocycles. The van der Waals surface area contributed by atoms with Gasteiger partial charge in [-0.05, 0) is 197 Å². The van der Waals surface area contributed by atoms with Crippen LogP contribution in [-0.4, -0.2) is 103 Å². The molecule has 34 heteroatoms. The number of fused-ring (bicyclic) bond motifs is 2. The maximum absolute atomic E-state index is 14.6. The first-order valence-electron chi connectivity index (χ1n) is 36.6. The SMILES string of the molecule is COc1ccc(CN(Cc2ccc(OC)cc2)c2cccc(C3(NC(=O)C4(NC(=O)c5cnc6n5[C@](C)(Cc5ccc(OC(F)(F)F)cc5)C(=O)N6c5cc(Cl)cc(Cl)c5)CC4)CC3)n2)cc1.C[C@@]1(Cc2ccc(OC(F)(F)F)cc2)C(=O)N(c2cc(Cl)cc(Cl)c2)c2ncc(C(=O)NC3(C(=O)NC4(c5cccc(N)n5)CC4)CC3)n21. The summed E-state index contributed by atoms with van der Waals surface area (Å²) in [5, 5.41) is 13.2. The number of carbonyl (C=O) groups is 6. The lowest BCUT2D eigenvalue weighted by Crippen LogP contribution is -2.52. The minimum Gasteiger partial charge on any atom is -0.497 e. The molecule has 6 N–H and O–H groups in total. The third-order valence-electron chi connectivity index (χ3n) is 21.4. The zero-order valence-corrected chi connectivity index (χ0v) is 65.3. The van der Waals surface area contributed by atoms with Crippen LogP contribution in [0.5, 0.6) is 23.0 Å². The Labute approximate surface area is 679 Å². The first-order chi connectivity index (χ1) is 55.1. The van der Waals surface area contributed by atoms with E-state index in [0.29, 0.717) is 104 Å². The molecule has 4 fully saturated rings. The van der Waals surface area contributed by atoms with E-state index in [0.717, 1.165) is 46.9 Å². The third kappa shape index (κ3) is 16.3. The maximum Gasteiger partial charge on any atom is 0.573 e. The number of aromatic nitrogens is 6. The van der Waals surface area contributed by atoms with E-state index in [2.05, 4.69) is 50.6 Å². The number of anilines is 6. The summed E-state index contributed by atoms with van der Waals surface area (Å²) in [6, 6.07) is 46.0. The van der Waals surface area contributed by atoms with Crippen molar-refractivity contribution < 1.29 is 74.1 Å². The smallest absolute Gasteiger partial charge is 0.497 e. The number of nitrogens with zero attached hydrogens (tertiary/aromatic N) is 9. The summed E-state index contributed by atoms with van der Waals surface area (Å²) >= 11 is 25.3. The number of imidazole rings is 2. The van der Waals surface area contributed by atoms with Crippen LogP contribution in [0.3, 0.4) is 0 Å². The fourth-order valence-electron chi connectivity index (χ4n) is 14.8. The van der Waals surface area contributed by atoms with Crippen LogP contribution >= 0.6 is 46.4 Å². The van der Waals surface area contributed by atoms with Gasteiger partial charge in [-0.3, -0.25) is 37.9 Å². The minimum atomic E-state index is -4.89. The summed E-state index contributed by atoms with van der Waals surface area (Å²) in [5.41, 5.74) is 3.89. The maximum atomic E-state index is 14.6. The summed E-state index contributed by atoms with van der Waals surface area (Å²) < 4.78 is 98.9. The molecule has 10 aromatic rings. The molecule has 6 heterocycles. The zero-order chi connectivity index (χ0) is 82.2. The van der Waals surface area contributed by atoms with Crippen molar-refractivity contribution in [1.82, 2.24) is 50.3 Å². The number of pyridine rings is 2. The molecule has 6 amide bonds. The highest BCUT2D eigenvalue weighted by Gasteiger charge is 2.60. The lowest BCUT2D eigenvalue weighted by atomic mass is 9.91. The number of nitrogens with two attached hydrogens (primary N) is 1. The molecule has 0 unspecified atom stereocenters. The van der Waals surface area contributed by atoms with Crippen LogP contribution in [-0.2, 0) is 67.3 Å². The number of rotatable bonds is 25. The van der Waals surface area contributed by atoms with Gasteiger partial charge < -0.3 is 50.8 Å². The van der Waals surface area contributed by atoms with Crippen molar-refractivity contribution in [3.05, 3.63) is 247 Å². The first-order valence-corrected chi connectivity index (χ1v) is 38.1. The normalized spacial score (nSPS) is 18.6. The number of nitrogens with one attached hydrogen (secondary N) is 4. The summed E-state index contributed by atoms with van der Waals surface area (Å²) in [5.74, 6) is -1.16. The van der Waals surface area contributed by atoms with Crippen LogP contribution in [0.2, 0.25) is 20.1 Å². The molecule has 6 aliphatic rings. The quantitative estimate of drug-likeness (QED) is 0.0332. The molecule has 4 aliphatic carbocycles. The largest absolute Gasteiger partial charge is 0.573 e. The lowest BCUT2D eigenvalue weighted by molar-refractivity contribution is -0.275. The van der Waals surface area contributed by atoms with Crippen LogP contribution in [0.1, 0.15) is 120 Å². The predicted molar refractivity (Wildman–Crippen MR) is 418 cm³/mol. The second-order valence-electron chi connectivity index (χ2n) is 29.9. The number of halogens is 10. The molecule has 116 heavy (non-hydrogen) atoms. The van der Waals surface area contributed by atoms with Crippen molar-refractivity contribution in [3.63, 3.8) is 0 Å². The molecule has 4 aromatic heterocycles. The van der Waals surface area contributed by atoms with Gasteiger partial charge in [0.25, 0.3) is 23.6 Å². The number of methoxy groups -OCH3 is 2. The van der Waals surface area contributed by atoms with Crippen molar-refractivity contribution in [2.45, 2.75) is 137 Å². The van der Waals surface area contributed by atoms with E-state index in [9.17, 15) is 55.1 Å². The Bertz CT molecular complexity index is 5440. The van der Waals surface area contributed by atoms with Crippen molar-refractivity contribution in [1.29, 1.82) is 0 Å². The molecule has 2 atom stereocenters. The second-order valence-corrected chi connectivity index (χ2v) is 31.7. The number of amides is 6. The average molecular weight is 1670 g/mol. The minimum absolute atomic E-state index is 0.00351. The van der Waals surface area contributed by atoms with Crippen LogP contribution in [0.25, 0.3) is 0 Å². The standard InChI is InChI=1S/C49H44Cl2F3N7O6.C33H28Cl2F3N7O4/c1-46(26-30-7-17-38(18-8-30)67-49(52,53)54)44(64)60(35-24-33(50)23-34(51)25-35)45-55-27-39(61(45)46)42(62)57-48(21-22-48)43(63)58-47(19-20-47)40-5-4-6-41(56-40)59(28-31-9-13-36(65-2)14-10-31)29-32-11-15-37(66-3)16-12-32;1-30(16-18-5-7-22(8-6-18)49-33(36,37)38)28(48)44(21-14-19(34)13-20(35)15-21)29-40-17-23(45(29)30)26(46)42-32(11-12-32)27(47)43-31(9-10-31)24-3-2-4-25(39)41-24/h4-18,23-25,27H,19-22,26,28-29H2,1-3H3,(H,57,62)(H,58,63);2-8,13-15,17H,9-12,16H2,1H3,(H2,39,41)(H,42,46)(H,43,47)/t46-;30-/m11/s1. The highest BCUT2D eigenvalue weighted by molar-refractivity contribution is 6.36. The van der Waals surface area contributed by atoms with Gasteiger partial charge in [0.15, 0.2) is 0 Å². The Morgan fingerprint density at radius 1 is 0.474 bits per heavy atom. The lowest BCUT2D eigenvalue weighted by Gasteiger charge is -2.28. The second kappa shape index (κ2) is 30.2. The van der Waals surface area contributed by atoms with Crippen molar-refractivity contribution in [2.75, 3.05) is 34.7 Å². The molecule has 600 valence electrons. The Morgan fingerprint density at radius 2 is 0.828 bits per heavy atom. The number of hydrogen-bond acceptors (Lipinski definition) is 16. The highest BCUT2D eigenvalue weighted by atomic mass is 35.5. The third-order valence-corrected chi connectivity index (χ3v) is 22.3. The Hall–Kier alpha value is -11.6. The number of ether oxygens (including phenoxy) is 4. The van der Waals surface area contributed by atoms with E-state index in [1.54, 1.807) is 46.3 Å². The first kappa shape index (κ1) is 79.6. The molecule has 0 radical (unpaired) electrons. The number of alkyl halides is 6. The predicted octanol–water partition coefficient (Wildman–Crippen LogP) is 15.2. The molecule has 0 spiro atoms. The van der Waals surface area contributed by atoms with E-state index in [1.807, 2.05) is 66.7 Å². The van der Waals surface area contributed by atoms with Crippen molar-refractivity contribution in [3.8, 4) is 23.0 Å². The number of nitrogen functional groups attached to an aromatic ring is 1. The topological polar surface area (TPSA) is 285 Å². The number of benzene rings is 6. The highest BCUT2D eigenvalue weighted by Crippen LogP contribution is 2.51. The fourth-order valence-corrected chi connectivity index (χ4v) is 15.9. The van der Waals surface area contributed by atoms with Gasteiger partial charge in [-0.15, -0.1) is 26.3 Å². The average Bonchev–Trinajstić information content (AvgIpc) is 1.55. The molecule has 0 bridgehead atoms. The van der Waals surface area contributed by atoms with E-state index in [1.165, 1.54) is 92.0 Å². The van der Waals surface area contributed by atoms with Gasteiger partial charge in [-0.2, -0.15) is 0 Å². The number of hydrogen-bond donors (Lipinski definition) is 5. The molecule has 4 saturated carbocycles. The molecular weight excluding hydrogens is 1600 g/mol. The molecule has 2 aliphatic heterocycles. The van der Waals surface area contributed by atoms with Gasteiger partial charge in [0, 0.05) is 46.0 Å². The van der Waals surface area contributed by atoms with Crippen LogP contribution < -0.4 is 60.6 Å². The van der Waals surface area contributed by atoms with E-state index in [-0.39, 0.29) is 73.7 Å². The van der Waals surface area contributed by atoms with Gasteiger partial charge in [0.1, 0.15) is 68.2 Å². The summed E-state index contributed by atoms with van der Waals surface area (Å²) in [4.78, 5) is 109. The summed E-state index contributed by atoms with van der Waals surface area (Å²) in [6.07, 6.45) is -3.12. The molecule has 24 nitrogen and oxygen atoms in total. The zero-order valence-electron chi connectivity index (χ0n) is 62.3. The van der Waals surface area contributed by atoms with Crippen molar-refractivity contribution >= 4 is 117 Å². The van der Waals surface area contributed by atoms with Gasteiger partial charge in [0.2, 0.25) is 23.7 Å². The summed E-state index contributed by atoms with van der Waals surface area (Å²) in [6.45, 7) is 4.28. The molecule has 6 aromatic carbocycles. The van der Waals surface area contributed by atoms with Crippen LogP contribution in [0.4, 0.5) is 61.2 Å². The van der Waals surface area contributed by atoms with Gasteiger partial charge in [-0.25, -0.2) is 29.7 Å². The Morgan fingerprint density at radius 3 is 1.17 bits per heavy atom. The molecule has 16 rings (SSSR count). The van der Waals surface area contributed by atoms with E-state index in [4.69, 9.17) is 66.6 Å². The Kier molecular flexibility index (Phi) is 20.7. The monoisotopic (exact) mass is 1670 g/mol. The Balaban J connectivity index is 0.000000191. The van der Waals surface area contributed by atoms with E-state index >= 15 is 0 Å². The fraction of sp³-hybridized carbons (Fsp3) is 0.293. The summed E-state index contributed by atoms with van der Waals surface area (Å²) in [7, 11) is 3.25. The van der Waals surface area contributed by atoms with Crippen molar-refractivity contribution in [2.24, 2.45) is 0 Å². The van der Waals surface area contributed by atoms with E-state index < -0.39 is 81.1 Å². The van der Waals surface area contributed by atoms with Gasteiger partial charge in [-0.1, -0.05) is 107 Å².